The zero-order chi connectivity index (χ0) is 13.1. The van der Waals surface area contributed by atoms with Crippen molar-refractivity contribution in [1.82, 2.24) is 15.3 Å². The number of aromatic nitrogens is 2. The molecule has 0 spiro atoms. The van der Waals surface area contributed by atoms with Crippen LogP contribution in [0.3, 0.4) is 0 Å². The van der Waals surface area contributed by atoms with Crippen molar-refractivity contribution in [3.63, 3.8) is 0 Å². The number of oxazole rings is 1. The Bertz CT molecular complexity index is 674. The highest BCUT2D eigenvalue weighted by Gasteiger charge is 2.09. The van der Waals surface area contributed by atoms with Crippen molar-refractivity contribution in [2.75, 3.05) is 0 Å². The Morgan fingerprint density at radius 1 is 1.16 bits per heavy atom. The van der Waals surface area contributed by atoms with E-state index in [0.29, 0.717) is 17.2 Å². The summed E-state index contributed by atoms with van der Waals surface area (Å²) in [6.07, 6.45) is 1.58. The number of nitrogens with one attached hydrogen (secondary N) is 1. The van der Waals surface area contributed by atoms with Gasteiger partial charge in [-0.25, -0.2) is 4.98 Å². The molecule has 0 saturated carbocycles. The van der Waals surface area contributed by atoms with Crippen LogP contribution in [0.1, 0.15) is 16.4 Å². The number of rotatable bonds is 3. The molecule has 2 heterocycles. The maximum Gasteiger partial charge on any atom is 0.270 e. The number of pyridine rings is 1. The molecule has 0 fully saturated rings. The van der Waals surface area contributed by atoms with Gasteiger partial charge in [0.15, 0.2) is 5.58 Å². The number of carbonyl (C=O) groups is 1. The third kappa shape index (κ3) is 2.44. The molecule has 0 aliphatic carbocycles. The van der Waals surface area contributed by atoms with Crippen LogP contribution in [0.5, 0.6) is 0 Å². The lowest BCUT2D eigenvalue weighted by Gasteiger charge is -2.00. The molecule has 0 atom stereocenters. The summed E-state index contributed by atoms with van der Waals surface area (Å²) in [4.78, 5) is 20.0. The van der Waals surface area contributed by atoms with Gasteiger partial charge in [0.1, 0.15) is 11.2 Å². The normalized spacial score (nSPS) is 10.5. The molecule has 0 radical (unpaired) electrons. The third-order valence-electron chi connectivity index (χ3n) is 2.64. The molecule has 1 aromatic carbocycles. The Kier molecular flexibility index (Phi) is 2.94. The van der Waals surface area contributed by atoms with Gasteiger partial charge in [-0.1, -0.05) is 18.2 Å². The summed E-state index contributed by atoms with van der Waals surface area (Å²) < 4.78 is 5.51. The summed E-state index contributed by atoms with van der Waals surface area (Å²) in [5.74, 6) is 0.230. The molecule has 0 saturated heterocycles. The lowest BCUT2D eigenvalue weighted by molar-refractivity contribution is 0.0942. The fourth-order valence-corrected chi connectivity index (χ4v) is 1.74. The Hall–Kier alpha value is -2.69. The number of nitrogens with zero attached hydrogens (tertiary/aromatic N) is 2. The van der Waals surface area contributed by atoms with Crippen LogP contribution in [-0.2, 0) is 6.54 Å². The molecule has 3 aromatic rings. The molecule has 3 rings (SSSR count). The van der Waals surface area contributed by atoms with Gasteiger partial charge in [0.2, 0.25) is 5.89 Å². The van der Waals surface area contributed by atoms with Crippen molar-refractivity contribution in [1.29, 1.82) is 0 Å². The van der Waals surface area contributed by atoms with Gasteiger partial charge in [-0.2, -0.15) is 0 Å². The molecule has 0 bridgehead atoms. The topological polar surface area (TPSA) is 68.0 Å². The summed E-state index contributed by atoms with van der Waals surface area (Å²) in [6.45, 7) is 0.240. The van der Waals surface area contributed by atoms with Crippen LogP contribution in [0.2, 0.25) is 0 Å². The molecule has 1 amide bonds. The van der Waals surface area contributed by atoms with E-state index in [0.717, 1.165) is 5.52 Å². The second kappa shape index (κ2) is 4.89. The van der Waals surface area contributed by atoms with Gasteiger partial charge in [0.25, 0.3) is 5.91 Å². The van der Waals surface area contributed by atoms with Gasteiger partial charge < -0.3 is 9.73 Å². The van der Waals surface area contributed by atoms with Gasteiger partial charge in [-0.05, 0) is 24.3 Å². The van der Waals surface area contributed by atoms with Crippen LogP contribution >= 0.6 is 0 Å². The number of fused-ring (bicyclic) bond motifs is 1. The van der Waals surface area contributed by atoms with Crippen molar-refractivity contribution in [2.45, 2.75) is 6.54 Å². The van der Waals surface area contributed by atoms with Crippen LogP contribution in [-0.4, -0.2) is 15.9 Å². The van der Waals surface area contributed by atoms with Crippen molar-refractivity contribution in [3.8, 4) is 0 Å². The number of carbonyl (C=O) groups excluding carboxylic acids is 1. The summed E-state index contributed by atoms with van der Waals surface area (Å²) in [7, 11) is 0. The maximum atomic E-state index is 11.8. The molecule has 5 nitrogen and oxygen atoms in total. The van der Waals surface area contributed by atoms with Gasteiger partial charge in [-0.3, -0.25) is 9.78 Å². The van der Waals surface area contributed by atoms with E-state index in [1.165, 1.54) is 0 Å². The van der Waals surface area contributed by atoms with E-state index in [1.807, 2.05) is 24.3 Å². The molecule has 0 aliphatic rings. The first-order chi connectivity index (χ1) is 9.33. The maximum absolute atomic E-state index is 11.8. The number of hydrogen-bond donors (Lipinski definition) is 1. The van der Waals surface area contributed by atoms with Crippen molar-refractivity contribution in [2.24, 2.45) is 0 Å². The first kappa shape index (κ1) is 11.4. The lowest BCUT2D eigenvalue weighted by atomic mass is 10.3. The van der Waals surface area contributed by atoms with Crippen LogP contribution < -0.4 is 5.32 Å². The molecular weight excluding hydrogens is 242 g/mol. The highest BCUT2D eigenvalue weighted by atomic mass is 16.3. The van der Waals surface area contributed by atoms with E-state index in [4.69, 9.17) is 4.42 Å². The second-order valence-corrected chi connectivity index (χ2v) is 3.97. The summed E-state index contributed by atoms with van der Waals surface area (Å²) >= 11 is 0. The number of amides is 1. The average molecular weight is 253 g/mol. The Labute approximate surface area is 109 Å². The Morgan fingerprint density at radius 3 is 2.79 bits per heavy atom. The largest absolute Gasteiger partial charge is 0.439 e. The minimum absolute atomic E-state index is 0.240. The van der Waals surface area contributed by atoms with Crippen molar-refractivity contribution in [3.05, 3.63) is 60.2 Å². The minimum Gasteiger partial charge on any atom is -0.439 e. The minimum atomic E-state index is -0.247. The SMILES string of the molecule is O=C(NCc1nc2ccccc2o1)c1ccccn1. The fraction of sp³-hybridized carbons (Fsp3) is 0.0714. The highest BCUT2D eigenvalue weighted by Crippen LogP contribution is 2.14. The Morgan fingerprint density at radius 2 is 2.00 bits per heavy atom. The van der Waals surface area contributed by atoms with E-state index in [-0.39, 0.29) is 12.5 Å². The molecule has 0 unspecified atom stereocenters. The molecule has 1 N–H and O–H groups in total. The van der Waals surface area contributed by atoms with Gasteiger partial charge in [0.05, 0.1) is 6.54 Å². The molecule has 5 heteroatoms. The predicted molar refractivity (Wildman–Crippen MR) is 69.4 cm³/mol. The molecule has 0 aliphatic heterocycles. The first-order valence-corrected chi connectivity index (χ1v) is 5.86. The highest BCUT2D eigenvalue weighted by molar-refractivity contribution is 5.92. The smallest absolute Gasteiger partial charge is 0.270 e. The number of hydrogen-bond acceptors (Lipinski definition) is 4. The average Bonchev–Trinajstić information content (AvgIpc) is 2.88. The third-order valence-corrected chi connectivity index (χ3v) is 2.64. The zero-order valence-corrected chi connectivity index (χ0v) is 10.0. The van der Waals surface area contributed by atoms with E-state index >= 15 is 0 Å². The monoisotopic (exact) mass is 253 g/mol. The van der Waals surface area contributed by atoms with Crippen LogP contribution in [0, 0.1) is 0 Å². The van der Waals surface area contributed by atoms with Crippen LogP contribution in [0.25, 0.3) is 11.1 Å². The fourth-order valence-electron chi connectivity index (χ4n) is 1.74. The molecule has 2 aromatic heterocycles. The quantitative estimate of drug-likeness (QED) is 0.776. The number of para-hydroxylation sites is 2. The molecule has 19 heavy (non-hydrogen) atoms. The molecular formula is C14H11N3O2. The van der Waals surface area contributed by atoms with Gasteiger partial charge >= 0.3 is 0 Å². The first-order valence-electron chi connectivity index (χ1n) is 5.86. The summed E-state index contributed by atoms with van der Waals surface area (Å²) in [6, 6.07) is 12.7. The van der Waals surface area contributed by atoms with Crippen molar-refractivity contribution < 1.29 is 9.21 Å². The standard InChI is InChI=1S/C14H11N3O2/c18-14(11-6-3-4-8-15-11)16-9-13-17-10-5-1-2-7-12(10)19-13/h1-8H,9H2,(H,16,18). The zero-order valence-electron chi connectivity index (χ0n) is 10.0. The van der Waals surface area contributed by atoms with E-state index in [9.17, 15) is 4.79 Å². The van der Waals surface area contributed by atoms with E-state index < -0.39 is 0 Å². The van der Waals surface area contributed by atoms with Crippen LogP contribution in [0.15, 0.2) is 53.1 Å². The van der Waals surface area contributed by atoms with Gasteiger partial charge in [-0.15, -0.1) is 0 Å². The summed E-state index contributed by atoms with van der Waals surface area (Å²) in [5.41, 5.74) is 1.87. The van der Waals surface area contributed by atoms with E-state index in [1.54, 1.807) is 24.4 Å². The molecule has 94 valence electrons. The van der Waals surface area contributed by atoms with Crippen molar-refractivity contribution >= 4 is 17.0 Å². The summed E-state index contributed by atoms with van der Waals surface area (Å²) in [5, 5.41) is 2.72. The van der Waals surface area contributed by atoms with E-state index in [2.05, 4.69) is 15.3 Å². The Balaban J connectivity index is 1.71. The van der Waals surface area contributed by atoms with Gasteiger partial charge in [0, 0.05) is 6.20 Å². The number of benzene rings is 1. The van der Waals surface area contributed by atoms with Crippen LogP contribution in [0.4, 0.5) is 0 Å². The predicted octanol–water partition coefficient (Wildman–Crippen LogP) is 2.15. The lowest BCUT2D eigenvalue weighted by Crippen LogP contribution is -2.23. The second-order valence-electron chi connectivity index (χ2n) is 3.97.